The molecule has 1 saturated carbocycles. The molecule has 0 spiro atoms. The van der Waals surface area contributed by atoms with E-state index in [9.17, 15) is 14.4 Å². The first kappa shape index (κ1) is 15.2. The van der Waals surface area contributed by atoms with Gasteiger partial charge in [0.05, 0.1) is 12.5 Å². The number of ether oxygens (including phenoxy) is 1. The minimum absolute atomic E-state index is 0.0482. The van der Waals surface area contributed by atoms with E-state index in [1.165, 1.54) is 0 Å². The fourth-order valence-corrected chi connectivity index (χ4v) is 2.07. The van der Waals surface area contributed by atoms with Crippen molar-refractivity contribution >= 4 is 17.9 Å². The van der Waals surface area contributed by atoms with Gasteiger partial charge in [0.2, 0.25) is 5.91 Å². The number of urea groups is 1. The third-order valence-electron chi connectivity index (χ3n) is 3.06. The third kappa shape index (κ3) is 5.12. The average Bonchev–Trinajstić information content (AvgIpc) is 2.75. The van der Waals surface area contributed by atoms with Gasteiger partial charge >= 0.3 is 12.0 Å². The maximum Gasteiger partial charge on any atom is 0.326 e. The minimum atomic E-state index is -1.31. The first-order valence-electron chi connectivity index (χ1n) is 6.03. The van der Waals surface area contributed by atoms with Crippen LogP contribution in [0.2, 0.25) is 0 Å². The molecule has 0 aromatic rings. The molecule has 3 atom stereocenters. The summed E-state index contributed by atoms with van der Waals surface area (Å²) >= 11 is 0. The SMILES string of the molecule is COC1CCC(NC(=O)NC(CC(N)=O)C(=O)O)C1. The van der Waals surface area contributed by atoms with E-state index in [1.54, 1.807) is 7.11 Å². The molecule has 1 aliphatic rings. The molecule has 0 aromatic heterocycles. The van der Waals surface area contributed by atoms with Crippen molar-refractivity contribution in [1.29, 1.82) is 0 Å². The summed E-state index contributed by atoms with van der Waals surface area (Å²) in [5.74, 6) is -2.08. The maximum atomic E-state index is 11.6. The lowest BCUT2D eigenvalue weighted by Crippen LogP contribution is -2.49. The molecule has 1 fully saturated rings. The zero-order valence-electron chi connectivity index (χ0n) is 10.7. The Bertz CT molecular complexity index is 360. The third-order valence-corrected chi connectivity index (χ3v) is 3.06. The quantitative estimate of drug-likeness (QED) is 0.502. The summed E-state index contributed by atoms with van der Waals surface area (Å²) in [6.07, 6.45) is 2.00. The van der Waals surface area contributed by atoms with E-state index in [2.05, 4.69) is 10.6 Å². The smallest absolute Gasteiger partial charge is 0.326 e. The van der Waals surface area contributed by atoms with E-state index in [0.717, 1.165) is 12.8 Å². The summed E-state index contributed by atoms with van der Waals surface area (Å²) in [6.45, 7) is 0. The molecule has 0 radical (unpaired) electrons. The van der Waals surface area contributed by atoms with Gasteiger partial charge in [-0.2, -0.15) is 0 Å². The summed E-state index contributed by atoms with van der Waals surface area (Å²) in [4.78, 5) is 33.1. The van der Waals surface area contributed by atoms with Gasteiger partial charge < -0.3 is 26.2 Å². The van der Waals surface area contributed by atoms with Crippen molar-refractivity contribution in [3.63, 3.8) is 0 Å². The van der Waals surface area contributed by atoms with E-state index in [1.807, 2.05) is 0 Å². The van der Waals surface area contributed by atoms with E-state index in [0.29, 0.717) is 6.42 Å². The molecule has 1 aliphatic carbocycles. The molecule has 3 amide bonds. The van der Waals surface area contributed by atoms with Crippen molar-refractivity contribution in [1.82, 2.24) is 10.6 Å². The van der Waals surface area contributed by atoms with Crippen LogP contribution in [0, 0.1) is 0 Å². The van der Waals surface area contributed by atoms with Crippen molar-refractivity contribution in [2.75, 3.05) is 7.11 Å². The largest absolute Gasteiger partial charge is 0.480 e. The van der Waals surface area contributed by atoms with Crippen LogP contribution in [0.4, 0.5) is 4.79 Å². The second-order valence-corrected chi connectivity index (χ2v) is 4.55. The van der Waals surface area contributed by atoms with Gasteiger partial charge in [-0.1, -0.05) is 0 Å². The Morgan fingerprint density at radius 1 is 1.42 bits per heavy atom. The lowest BCUT2D eigenvalue weighted by molar-refractivity contribution is -0.140. The molecule has 19 heavy (non-hydrogen) atoms. The number of primary amides is 1. The van der Waals surface area contributed by atoms with Gasteiger partial charge in [-0.15, -0.1) is 0 Å². The molecule has 108 valence electrons. The Kier molecular flexibility index (Phi) is 5.56. The van der Waals surface area contributed by atoms with Gasteiger partial charge in [-0.05, 0) is 19.3 Å². The second kappa shape index (κ2) is 6.93. The van der Waals surface area contributed by atoms with Gasteiger partial charge in [0, 0.05) is 13.2 Å². The highest BCUT2D eigenvalue weighted by molar-refractivity contribution is 5.87. The number of amides is 3. The maximum absolute atomic E-state index is 11.6. The molecule has 1 rings (SSSR count). The van der Waals surface area contributed by atoms with Gasteiger partial charge in [0.25, 0.3) is 0 Å². The second-order valence-electron chi connectivity index (χ2n) is 4.55. The number of hydrogen-bond donors (Lipinski definition) is 4. The number of rotatable bonds is 6. The molecule has 8 heteroatoms. The van der Waals surface area contributed by atoms with Crippen LogP contribution < -0.4 is 16.4 Å². The van der Waals surface area contributed by atoms with Crippen LogP contribution in [0.1, 0.15) is 25.7 Å². The number of carbonyl (C=O) groups excluding carboxylic acids is 2. The monoisotopic (exact) mass is 273 g/mol. The Morgan fingerprint density at radius 3 is 2.58 bits per heavy atom. The van der Waals surface area contributed by atoms with E-state index >= 15 is 0 Å². The highest BCUT2D eigenvalue weighted by Crippen LogP contribution is 2.21. The van der Waals surface area contributed by atoms with Crippen molar-refractivity contribution in [2.45, 2.75) is 43.9 Å². The molecule has 8 nitrogen and oxygen atoms in total. The number of carbonyl (C=O) groups is 3. The van der Waals surface area contributed by atoms with Crippen LogP contribution in [0.15, 0.2) is 0 Å². The number of aliphatic carboxylic acids is 1. The van der Waals surface area contributed by atoms with Crippen LogP contribution >= 0.6 is 0 Å². The van der Waals surface area contributed by atoms with Gasteiger partial charge in [0.1, 0.15) is 6.04 Å². The summed E-state index contributed by atoms with van der Waals surface area (Å²) in [6, 6.07) is -1.97. The highest BCUT2D eigenvalue weighted by atomic mass is 16.5. The number of hydrogen-bond acceptors (Lipinski definition) is 4. The van der Waals surface area contributed by atoms with Crippen LogP contribution in [-0.2, 0) is 14.3 Å². The predicted octanol–water partition coefficient (Wildman–Crippen LogP) is -0.818. The first-order valence-corrected chi connectivity index (χ1v) is 6.03. The summed E-state index contributed by atoms with van der Waals surface area (Å²) in [5, 5.41) is 13.7. The number of carboxylic acid groups (broad SMARTS) is 1. The van der Waals surface area contributed by atoms with E-state index < -0.39 is 30.4 Å². The predicted molar refractivity (Wildman–Crippen MR) is 65.3 cm³/mol. The molecule has 0 bridgehead atoms. The van der Waals surface area contributed by atoms with Crippen LogP contribution in [-0.4, -0.2) is 48.3 Å². The number of carboxylic acids is 1. The van der Waals surface area contributed by atoms with Crippen LogP contribution in [0.25, 0.3) is 0 Å². The minimum Gasteiger partial charge on any atom is -0.480 e. The molecule has 5 N–H and O–H groups in total. The lowest BCUT2D eigenvalue weighted by atomic mass is 10.2. The first-order chi connectivity index (χ1) is 8.92. The standard InChI is InChI=1S/C11H19N3O5/c1-19-7-3-2-6(4-7)13-11(18)14-8(10(16)17)5-9(12)15/h6-8H,2-5H2,1H3,(H2,12,15)(H,16,17)(H2,13,14,18). The lowest BCUT2D eigenvalue weighted by Gasteiger charge is -2.17. The molecule has 0 saturated heterocycles. The molecule has 0 aromatic carbocycles. The van der Waals surface area contributed by atoms with Crippen molar-refractivity contribution in [3.05, 3.63) is 0 Å². The fraction of sp³-hybridized carbons (Fsp3) is 0.727. The Labute approximate surface area is 110 Å². The topological polar surface area (TPSA) is 131 Å². The number of methoxy groups -OCH3 is 1. The van der Waals surface area contributed by atoms with Gasteiger partial charge in [-0.3, -0.25) is 4.79 Å². The Hall–Kier alpha value is -1.83. The van der Waals surface area contributed by atoms with Crippen molar-refractivity contribution < 1.29 is 24.2 Å². The normalized spacial score (nSPS) is 23.6. The summed E-state index contributed by atoms with van der Waals surface area (Å²) in [7, 11) is 1.61. The Morgan fingerprint density at radius 2 is 2.11 bits per heavy atom. The molecular formula is C11H19N3O5. The van der Waals surface area contributed by atoms with Crippen molar-refractivity contribution in [2.24, 2.45) is 5.73 Å². The molecule has 0 heterocycles. The zero-order chi connectivity index (χ0) is 14.4. The molecule has 3 unspecified atom stereocenters. The van der Waals surface area contributed by atoms with Gasteiger partial charge in [0.15, 0.2) is 0 Å². The van der Waals surface area contributed by atoms with Crippen LogP contribution in [0.5, 0.6) is 0 Å². The Balaban J connectivity index is 2.40. The van der Waals surface area contributed by atoms with Crippen LogP contribution in [0.3, 0.4) is 0 Å². The van der Waals surface area contributed by atoms with Gasteiger partial charge in [-0.25, -0.2) is 9.59 Å². The van der Waals surface area contributed by atoms with Crippen molar-refractivity contribution in [3.8, 4) is 0 Å². The molecular weight excluding hydrogens is 254 g/mol. The zero-order valence-corrected chi connectivity index (χ0v) is 10.7. The number of nitrogens with two attached hydrogens (primary N) is 1. The average molecular weight is 273 g/mol. The van der Waals surface area contributed by atoms with E-state index in [4.69, 9.17) is 15.6 Å². The number of nitrogens with one attached hydrogen (secondary N) is 2. The van der Waals surface area contributed by atoms with E-state index in [-0.39, 0.29) is 12.1 Å². The summed E-state index contributed by atoms with van der Waals surface area (Å²) in [5.41, 5.74) is 4.92. The highest BCUT2D eigenvalue weighted by Gasteiger charge is 2.27. The molecule has 0 aliphatic heterocycles. The fourth-order valence-electron chi connectivity index (χ4n) is 2.07. The summed E-state index contributed by atoms with van der Waals surface area (Å²) < 4.78 is 5.17.